The SMILES string of the molecule is CCNc1nc(Nc2ccc3c(c2)c(C)cn3C2CCN(C3COCC3O)CC2)nn2c(C)cnc12. The van der Waals surface area contributed by atoms with E-state index in [0.717, 1.165) is 55.3 Å². The zero-order valence-electron chi connectivity index (χ0n) is 21.1. The number of nitrogens with zero attached hydrogens (tertiary/aromatic N) is 6. The zero-order valence-corrected chi connectivity index (χ0v) is 21.1. The van der Waals surface area contributed by atoms with E-state index in [1.807, 2.05) is 18.4 Å². The number of anilines is 3. The summed E-state index contributed by atoms with van der Waals surface area (Å²) in [6, 6.07) is 7.07. The minimum Gasteiger partial charge on any atom is -0.389 e. The van der Waals surface area contributed by atoms with Crippen molar-refractivity contribution in [2.75, 3.05) is 43.5 Å². The van der Waals surface area contributed by atoms with Crippen molar-refractivity contribution in [1.29, 1.82) is 0 Å². The van der Waals surface area contributed by atoms with E-state index in [9.17, 15) is 5.11 Å². The summed E-state index contributed by atoms with van der Waals surface area (Å²) in [6.07, 6.45) is 5.86. The third kappa shape index (κ3) is 4.08. The van der Waals surface area contributed by atoms with E-state index in [4.69, 9.17) is 4.74 Å². The number of piperidine rings is 1. The maximum absolute atomic E-state index is 10.2. The van der Waals surface area contributed by atoms with Crippen molar-refractivity contribution in [2.45, 2.75) is 51.8 Å². The highest BCUT2D eigenvalue weighted by molar-refractivity contribution is 5.87. The first-order valence-corrected chi connectivity index (χ1v) is 12.9. The van der Waals surface area contributed by atoms with Gasteiger partial charge in [-0.05, 0) is 57.4 Å². The molecule has 36 heavy (non-hydrogen) atoms. The van der Waals surface area contributed by atoms with Crippen LogP contribution in [0.4, 0.5) is 17.5 Å². The Morgan fingerprint density at radius 1 is 1.17 bits per heavy atom. The zero-order chi connectivity index (χ0) is 24.8. The molecule has 3 N–H and O–H groups in total. The molecule has 190 valence electrons. The Hall–Kier alpha value is -3.21. The number of ether oxygens (including phenoxy) is 1. The molecule has 3 aromatic heterocycles. The van der Waals surface area contributed by atoms with Crippen LogP contribution in [-0.4, -0.2) is 79.1 Å². The predicted molar refractivity (Wildman–Crippen MR) is 140 cm³/mol. The minimum atomic E-state index is -0.363. The fourth-order valence-electron chi connectivity index (χ4n) is 5.64. The van der Waals surface area contributed by atoms with Gasteiger partial charge in [0.2, 0.25) is 5.95 Å². The molecule has 2 aliphatic heterocycles. The molecule has 2 aliphatic rings. The van der Waals surface area contributed by atoms with E-state index < -0.39 is 0 Å². The number of fused-ring (bicyclic) bond motifs is 2. The Balaban J connectivity index is 1.23. The Morgan fingerprint density at radius 3 is 2.75 bits per heavy atom. The highest BCUT2D eigenvalue weighted by atomic mass is 16.5. The van der Waals surface area contributed by atoms with E-state index in [1.165, 1.54) is 16.5 Å². The number of hydrogen-bond donors (Lipinski definition) is 3. The van der Waals surface area contributed by atoms with Gasteiger partial charge in [-0.2, -0.15) is 4.98 Å². The lowest BCUT2D eigenvalue weighted by atomic mass is 10.0. The van der Waals surface area contributed by atoms with Gasteiger partial charge in [-0.15, -0.1) is 5.10 Å². The number of rotatable bonds is 6. The Labute approximate surface area is 210 Å². The normalized spacial score (nSPS) is 21.6. The van der Waals surface area contributed by atoms with Crippen LogP contribution >= 0.6 is 0 Å². The molecule has 2 fully saturated rings. The molecule has 0 radical (unpaired) electrons. The summed E-state index contributed by atoms with van der Waals surface area (Å²) >= 11 is 0. The number of aromatic nitrogens is 5. The molecule has 10 heteroatoms. The van der Waals surface area contributed by atoms with Crippen molar-refractivity contribution in [3.05, 3.63) is 41.9 Å². The number of imidazole rings is 1. The van der Waals surface area contributed by atoms with Crippen molar-refractivity contribution in [2.24, 2.45) is 0 Å². The van der Waals surface area contributed by atoms with Gasteiger partial charge >= 0.3 is 0 Å². The lowest BCUT2D eigenvalue weighted by molar-refractivity contribution is 0.0606. The second-order valence-electron chi connectivity index (χ2n) is 9.96. The molecular weight excluding hydrogens is 456 g/mol. The van der Waals surface area contributed by atoms with Crippen LogP contribution in [0.3, 0.4) is 0 Å². The summed E-state index contributed by atoms with van der Waals surface area (Å²) in [5, 5.41) is 22.8. The van der Waals surface area contributed by atoms with Crippen LogP contribution in [0.15, 0.2) is 30.6 Å². The number of benzene rings is 1. The van der Waals surface area contributed by atoms with Crippen molar-refractivity contribution >= 4 is 34.0 Å². The number of aryl methyl sites for hydroxylation is 2. The molecule has 0 bridgehead atoms. The molecule has 5 heterocycles. The molecule has 0 saturated carbocycles. The van der Waals surface area contributed by atoms with Crippen LogP contribution < -0.4 is 10.6 Å². The van der Waals surface area contributed by atoms with Crippen LogP contribution in [0.5, 0.6) is 0 Å². The van der Waals surface area contributed by atoms with Crippen LogP contribution in [-0.2, 0) is 4.74 Å². The van der Waals surface area contributed by atoms with Gasteiger partial charge in [0, 0.05) is 48.5 Å². The minimum absolute atomic E-state index is 0.142. The summed E-state index contributed by atoms with van der Waals surface area (Å²) in [6.45, 7) is 10.0. The van der Waals surface area contributed by atoms with Gasteiger partial charge in [-0.25, -0.2) is 9.50 Å². The Morgan fingerprint density at radius 2 is 2.00 bits per heavy atom. The van der Waals surface area contributed by atoms with E-state index in [0.29, 0.717) is 25.2 Å². The van der Waals surface area contributed by atoms with E-state index in [1.54, 1.807) is 6.20 Å². The highest BCUT2D eigenvalue weighted by Gasteiger charge is 2.34. The molecule has 1 aromatic carbocycles. The molecular formula is C26H34N8O2. The quantitative estimate of drug-likeness (QED) is 0.378. The maximum Gasteiger partial charge on any atom is 0.247 e. The lowest BCUT2D eigenvalue weighted by Gasteiger charge is -2.37. The van der Waals surface area contributed by atoms with E-state index >= 15 is 0 Å². The summed E-state index contributed by atoms with van der Waals surface area (Å²) in [7, 11) is 0. The first-order chi connectivity index (χ1) is 17.5. The number of aliphatic hydroxyl groups is 1. The Bertz CT molecular complexity index is 1390. The average molecular weight is 491 g/mol. The number of aliphatic hydroxyl groups excluding tert-OH is 1. The third-order valence-electron chi connectivity index (χ3n) is 7.55. The fraction of sp³-hybridized carbons (Fsp3) is 0.500. The predicted octanol–water partition coefficient (Wildman–Crippen LogP) is 3.27. The summed E-state index contributed by atoms with van der Waals surface area (Å²) in [4.78, 5) is 11.5. The maximum atomic E-state index is 10.2. The third-order valence-corrected chi connectivity index (χ3v) is 7.55. The summed E-state index contributed by atoms with van der Waals surface area (Å²) < 4.78 is 9.73. The van der Waals surface area contributed by atoms with Crippen LogP contribution in [0, 0.1) is 13.8 Å². The number of nitrogens with one attached hydrogen (secondary N) is 2. The largest absolute Gasteiger partial charge is 0.389 e. The topological polar surface area (TPSA) is 105 Å². The van der Waals surface area contributed by atoms with Crippen LogP contribution in [0.1, 0.15) is 37.1 Å². The number of likely N-dealkylation sites (tertiary alicyclic amines) is 1. The first kappa shape index (κ1) is 23.2. The molecule has 2 unspecified atom stereocenters. The van der Waals surface area contributed by atoms with Crippen molar-refractivity contribution < 1.29 is 9.84 Å². The molecule has 0 aliphatic carbocycles. The highest BCUT2D eigenvalue weighted by Crippen LogP contribution is 2.33. The van der Waals surface area contributed by atoms with Crippen LogP contribution in [0.25, 0.3) is 16.6 Å². The molecule has 6 rings (SSSR count). The average Bonchev–Trinajstić information content (AvgIpc) is 3.57. The monoisotopic (exact) mass is 490 g/mol. The second kappa shape index (κ2) is 9.34. The van der Waals surface area contributed by atoms with Gasteiger partial charge in [0.1, 0.15) is 0 Å². The van der Waals surface area contributed by atoms with Gasteiger partial charge < -0.3 is 25.0 Å². The molecule has 10 nitrogen and oxygen atoms in total. The smallest absolute Gasteiger partial charge is 0.247 e. The first-order valence-electron chi connectivity index (χ1n) is 12.9. The number of hydrogen-bond acceptors (Lipinski definition) is 8. The molecule has 4 aromatic rings. The molecule has 0 amide bonds. The van der Waals surface area contributed by atoms with E-state index in [-0.39, 0.29) is 12.1 Å². The van der Waals surface area contributed by atoms with E-state index in [2.05, 4.69) is 66.5 Å². The summed E-state index contributed by atoms with van der Waals surface area (Å²) in [5.74, 6) is 1.25. The molecule has 0 spiro atoms. The second-order valence-corrected chi connectivity index (χ2v) is 9.96. The van der Waals surface area contributed by atoms with Crippen molar-refractivity contribution in [3.8, 4) is 0 Å². The summed E-state index contributed by atoms with van der Waals surface area (Å²) in [5.41, 5.74) is 5.14. The fourth-order valence-corrected chi connectivity index (χ4v) is 5.64. The standard InChI is InChI=1S/C26H34N8O2/c1-4-27-24-25-28-12-17(3)34(25)31-26(30-24)29-18-5-6-21-20(11-18)16(2)13-33(21)19-7-9-32(10-8-19)22-14-36-15-23(22)35/h5-6,11-13,19,22-23,35H,4,7-10,14-15H2,1-3H3,(H2,27,29,30,31). The molecule has 2 saturated heterocycles. The molecule has 2 atom stereocenters. The van der Waals surface area contributed by atoms with Gasteiger partial charge in [-0.1, -0.05) is 0 Å². The van der Waals surface area contributed by atoms with Gasteiger partial charge in [-0.3, -0.25) is 4.90 Å². The Kier molecular flexibility index (Phi) is 6.02. The van der Waals surface area contributed by atoms with Crippen molar-refractivity contribution in [1.82, 2.24) is 29.0 Å². The van der Waals surface area contributed by atoms with Gasteiger partial charge in [0.15, 0.2) is 11.5 Å². The van der Waals surface area contributed by atoms with Crippen LogP contribution in [0.2, 0.25) is 0 Å². The van der Waals surface area contributed by atoms with Gasteiger partial charge in [0.25, 0.3) is 0 Å². The lowest BCUT2D eigenvalue weighted by Crippen LogP contribution is -2.47. The van der Waals surface area contributed by atoms with Gasteiger partial charge in [0.05, 0.1) is 37.3 Å². The van der Waals surface area contributed by atoms with Crippen molar-refractivity contribution in [3.63, 3.8) is 0 Å².